The van der Waals surface area contributed by atoms with Crippen LogP contribution in [0.4, 0.5) is 0 Å². The molecule has 9 rings (SSSR count). The van der Waals surface area contributed by atoms with Gasteiger partial charge in [-0.25, -0.2) is 9.97 Å². The molecule has 0 spiro atoms. The highest BCUT2D eigenvalue weighted by Gasteiger charge is 2.12. The van der Waals surface area contributed by atoms with Crippen LogP contribution < -0.4 is 0 Å². The van der Waals surface area contributed by atoms with E-state index in [1.165, 1.54) is 27.5 Å². The zero-order chi connectivity index (χ0) is 33.3. The molecule has 0 aliphatic carbocycles. The van der Waals surface area contributed by atoms with Gasteiger partial charge < -0.3 is 0 Å². The van der Waals surface area contributed by atoms with Gasteiger partial charge in [-0.1, -0.05) is 164 Å². The molecule has 0 radical (unpaired) electrons. The zero-order valence-corrected chi connectivity index (χ0v) is 27.2. The number of rotatable bonds is 6. The van der Waals surface area contributed by atoms with Gasteiger partial charge in [0.15, 0.2) is 5.82 Å². The van der Waals surface area contributed by atoms with E-state index in [2.05, 4.69) is 145 Å². The van der Waals surface area contributed by atoms with E-state index in [0.717, 1.165) is 55.7 Å². The van der Waals surface area contributed by atoms with Crippen LogP contribution in [0.15, 0.2) is 188 Å². The van der Waals surface area contributed by atoms with Gasteiger partial charge in [-0.15, -0.1) is 0 Å². The molecule has 0 amide bonds. The summed E-state index contributed by atoms with van der Waals surface area (Å²) in [4.78, 5) is 14.7. The third kappa shape index (κ3) is 5.61. The highest BCUT2D eigenvalue weighted by molar-refractivity contribution is 5.99. The second-order valence-corrected chi connectivity index (χ2v) is 12.5. The summed E-state index contributed by atoms with van der Waals surface area (Å²) in [6.45, 7) is 0. The average molecular weight is 638 g/mol. The number of para-hydroxylation sites is 1. The van der Waals surface area contributed by atoms with Crippen molar-refractivity contribution in [3.63, 3.8) is 0 Å². The molecule has 50 heavy (non-hydrogen) atoms. The van der Waals surface area contributed by atoms with Crippen molar-refractivity contribution in [1.29, 1.82) is 0 Å². The minimum Gasteiger partial charge on any atom is -0.256 e. The molecule has 0 aliphatic heterocycles. The Morgan fingerprint density at radius 1 is 0.320 bits per heavy atom. The van der Waals surface area contributed by atoms with Crippen LogP contribution in [0.3, 0.4) is 0 Å². The second kappa shape index (κ2) is 12.7. The Bertz CT molecular complexity index is 2550. The van der Waals surface area contributed by atoms with E-state index < -0.39 is 0 Å². The van der Waals surface area contributed by atoms with Gasteiger partial charge in [0.1, 0.15) is 0 Å². The molecule has 0 fully saturated rings. The fourth-order valence-electron chi connectivity index (χ4n) is 6.77. The summed E-state index contributed by atoms with van der Waals surface area (Å²) in [5.74, 6) is 0.708. The number of fused-ring (bicyclic) bond motifs is 2. The van der Waals surface area contributed by atoms with E-state index in [1.807, 2.05) is 48.7 Å². The van der Waals surface area contributed by atoms with Crippen molar-refractivity contribution in [3.8, 4) is 67.3 Å². The van der Waals surface area contributed by atoms with E-state index in [-0.39, 0.29) is 0 Å². The van der Waals surface area contributed by atoms with Crippen molar-refractivity contribution in [2.24, 2.45) is 0 Å². The number of hydrogen-bond donors (Lipinski definition) is 0. The number of hydrogen-bond acceptors (Lipinski definition) is 3. The van der Waals surface area contributed by atoms with E-state index in [4.69, 9.17) is 9.97 Å². The van der Waals surface area contributed by atoms with Gasteiger partial charge in [0.25, 0.3) is 0 Å². The highest BCUT2D eigenvalue weighted by Crippen LogP contribution is 2.35. The van der Waals surface area contributed by atoms with Gasteiger partial charge in [-0.2, -0.15) is 0 Å². The molecule has 0 N–H and O–H groups in total. The van der Waals surface area contributed by atoms with Crippen molar-refractivity contribution < 1.29 is 0 Å². The average Bonchev–Trinajstić information content (AvgIpc) is 3.21. The topological polar surface area (TPSA) is 38.7 Å². The van der Waals surface area contributed by atoms with Crippen molar-refractivity contribution >= 4 is 21.7 Å². The first-order valence-corrected chi connectivity index (χ1v) is 16.8. The van der Waals surface area contributed by atoms with Crippen molar-refractivity contribution in [2.45, 2.75) is 0 Å². The first-order chi connectivity index (χ1) is 24.8. The minimum absolute atomic E-state index is 0.708. The smallest absolute Gasteiger partial charge is 0.160 e. The largest absolute Gasteiger partial charge is 0.256 e. The van der Waals surface area contributed by atoms with Crippen LogP contribution in [-0.2, 0) is 0 Å². The summed E-state index contributed by atoms with van der Waals surface area (Å²) < 4.78 is 0. The molecule has 2 aromatic heterocycles. The summed E-state index contributed by atoms with van der Waals surface area (Å²) in [5.41, 5.74) is 13.0. The molecular weight excluding hydrogens is 607 g/mol. The van der Waals surface area contributed by atoms with Crippen molar-refractivity contribution in [1.82, 2.24) is 15.0 Å². The molecule has 3 nitrogen and oxygen atoms in total. The van der Waals surface area contributed by atoms with Crippen molar-refractivity contribution in [2.75, 3.05) is 0 Å². The van der Waals surface area contributed by atoms with Gasteiger partial charge in [0, 0.05) is 33.8 Å². The second-order valence-electron chi connectivity index (χ2n) is 12.5. The molecule has 0 unspecified atom stereocenters. The fourth-order valence-corrected chi connectivity index (χ4v) is 6.77. The van der Waals surface area contributed by atoms with E-state index in [1.54, 1.807) is 0 Å². The Hall–Kier alpha value is -6.71. The third-order valence-electron chi connectivity index (χ3n) is 9.36. The number of aromatic nitrogens is 3. The molecule has 2 heterocycles. The summed E-state index contributed by atoms with van der Waals surface area (Å²) >= 11 is 0. The Kier molecular flexibility index (Phi) is 7.49. The zero-order valence-electron chi connectivity index (χ0n) is 27.2. The molecule has 9 aromatic rings. The summed E-state index contributed by atoms with van der Waals surface area (Å²) in [5, 5.41) is 3.57. The molecule has 0 aliphatic rings. The number of pyridine rings is 1. The molecule has 0 atom stereocenters. The molecule has 0 saturated carbocycles. The molecular formula is C47H31N3. The Morgan fingerprint density at radius 2 is 0.860 bits per heavy atom. The fraction of sp³-hybridized carbons (Fsp3) is 0. The Labute approximate surface area is 291 Å². The van der Waals surface area contributed by atoms with Crippen LogP contribution in [-0.4, -0.2) is 15.0 Å². The first-order valence-electron chi connectivity index (χ1n) is 16.8. The van der Waals surface area contributed by atoms with Crippen LogP contribution in [0.1, 0.15) is 0 Å². The molecule has 7 aromatic carbocycles. The first kappa shape index (κ1) is 29.4. The lowest BCUT2D eigenvalue weighted by atomic mass is 9.93. The lowest BCUT2D eigenvalue weighted by molar-refractivity contribution is 1.18. The standard InChI is InChI=1S/C47H31N3/c1-3-10-36(11-4-1)44-31-45(37-12-5-2-6-13-37)50-47(49-44)39-26-23-34(24-27-39)41-17-7-14-33-25-28-40(30-43(33)41)32-19-21-35(22-20-32)42-18-8-15-38-16-9-29-48-46(38)42/h1-31H. The van der Waals surface area contributed by atoms with Crippen LogP contribution in [0, 0.1) is 0 Å². The lowest BCUT2D eigenvalue weighted by Crippen LogP contribution is -1.96. The van der Waals surface area contributed by atoms with E-state index in [0.29, 0.717) is 5.82 Å². The van der Waals surface area contributed by atoms with Crippen LogP contribution >= 0.6 is 0 Å². The summed E-state index contributed by atoms with van der Waals surface area (Å²) in [6, 6.07) is 63.9. The molecule has 0 saturated heterocycles. The quantitative estimate of drug-likeness (QED) is 0.182. The maximum Gasteiger partial charge on any atom is 0.160 e. The van der Waals surface area contributed by atoms with Gasteiger partial charge >= 0.3 is 0 Å². The Balaban J connectivity index is 1.06. The van der Waals surface area contributed by atoms with Gasteiger partial charge in [-0.3, -0.25) is 4.98 Å². The summed E-state index contributed by atoms with van der Waals surface area (Å²) in [7, 11) is 0. The molecule has 0 bridgehead atoms. The van der Waals surface area contributed by atoms with Crippen LogP contribution in [0.2, 0.25) is 0 Å². The van der Waals surface area contributed by atoms with Crippen LogP contribution in [0.5, 0.6) is 0 Å². The normalized spacial score (nSPS) is 11.2. The van der Waals surface area contributed by atoms with E-state index in [9.17, 15) is 0 Å². The maximum absolute atomic E-state index is 5.02. The third-order valence-corrected chi connectivity index (χ3v) is 9.36. The molecule has 234 valence electrons. The Morgan fingerprint density at radius 3 is 1.54 bits per heavy atom. The lowest BCUT2D eigenvalue weighted by Gasteiger charge is -2.12. The number of benzene rings is 7. The predicted octanol–water partition coefficient (Wildman–Crippen LogP) is 12.2. The van der Waals surface area contributed by atoms with Crippen LogP contribution in [0.25, 0.3) is 89.0 Å². The van der Waals surface area contributed by atoms with Gasteiger partial charge in [0.2, 0.25) is 0 Å². The monoisotopic (exact) mass is 637 g/mol. The summed E-state index contributed by atoms with van der Waals surface area (Å²) in [6.07, 6.45) is 1.86. The minimum atomic E-state index is 0.708. The van der Waals surface area contributed by atoms with E-state index >= 15 is 0 Å². The predicted molar refractivity (Wildman–Crippen MR) is 207 cm³/mol. The van der Waals surface area contributed by atoms with Gasteiger partial charge in [0.05, 0.1) is 16.9 Å². The SMILES string of the molecule is c1ccc(-c2cc(-c3ccccc3)nc(-c3ccc(-c4cccc5ccc(-c6ccc(-c7cccc8cccnc78)cc6)cc45)cc3)n2)cc1. The molecule has 3 heteroatoms. The maximum atomic E-state index is 5.02. The van der Waals surface area contributed by atoms with Gasteiger partial charge in [-0.05, 0) is 56.8 Å². The highest BCUT2D eigenvalue weighted by atomic mass is 14.9. The number of nitrogens with zero attached hydrogens (tertiary/aromatic N) is 3. The van der Waals surface area contributed by atoms with Crippen molar-refractivity contribution in [3.05, 3.63) is 188 Å².